The molecule has 0 bridgehead atoms. The number of rotatable bonds is 20. The lowest BCUT2D eigenvalue weighted by molar-refractivity contribution is 0.0457. The fourth-order valence-electron chi connectivity index (χ4n) is 3.78. The molecule has 0 N–H and O–H groups in total. The van der Waals surface area contributed by atoms with Crippen LogP contribution in [0, 0.1) is 0 Å². The third-order valence-electron chi connectivity index (χ3n) is 5.77. The Kier molecular flexibility index (Phi) is 18.0. The molecule has 0 radical (unpaired) electrons. The van der Waals surface area contributed by atoms with Crippen molar-refractivity contribution in [2.75, 3.05) is 13.2 Å². The summed E-state index contributed by atoms with van der Waals surface area (Å²) in [5, 5.41) is 0. The number of hydrogen-bond donors (Lipinski definition) is 0. The zero-order valence-corrected chi connectivity index (χ0v) is 21.1. The Morgan fingerprint density at radius 3 is 1.58 bits per heavy atom. The zero-order valence-electron chi connectivity index (χ0n) is 21.1. The molecule has 0 saturated heterocycles. The molecule has 0 spiro atoms. The second-order valence-electron chi connectivity index (χ2n) is 8.73. The zero-order chi connectivity index (χ0) is 24.0. The Bertz CT molecular complexity index is 665. The van der Waals surface area contributed by atoms with Gasteiger partial charge < -0.3 is 9.47 Å². The van der Waals surface area contributed by atoms with Crippen LogP contribution in [0.1, 0.15) is 131 Å². The average Bonchev–Trinajstić information content (AvgIpc) is 2.83. The van der Waals surface area contributed by atoms with Crippen LogP contribution in [0.3, 0.4) is 0 Å². The first-order chi connectivity index (χ1) is 16.2. The van der Waals surface area contributed by atoms with Gasteiger partial charge in [0.15, 0.2) is 0 Å². The normalized spacial score (nSPS) is 11.1. The van der Waals surface area contributed by atoms with E-state index in [4.69, 9.17) is 9.47 Å². The monoisotopic (exact) mass is 458 g/mol. The summed E-state index contributed by atoms with van der Waals surface area (Å²) in [6.45, 7) is 5.01. The Morgan fingerprint density at radius 1 is 0.636 bits per heavy atom. The minimum absolute atomic E-state index is 0.271. The molecule has 1 rings (SSSR count). The summed E-state index contributed by atoms with van der Waals surface area (Å²) in [5.74, 6) is -0.930. The lowest BCUT2D eigenvalue weighted by atomic mass is 10.0. The summed E-state index contributed by atoms with van der Waals surface area (Å²) < 4.78 is 10.7. The van der Waals surface area contributed by atoms with Crippen LogP contribution in [0.25, 0.3) is 0 Å². The predicted octanol–water partition coefficient (Wildman–Crippen LogP) is 8.45. The Hall–Kier alpha value is -2.10. The number of allylic oxidation sites excluding steroid dienone is 1. The first kappa shape index (κ1) is 28.9. The molecular formula is C29H46O4. The summed E-state index contributed by atoms with van der Waals surface area (Å²) in [5.41, 5.74) is 0.550. The molecule has 0 aliphatic carbocycles. The van der Waals surface area contributed by atoms with Gasteiger partial charge in [-0.2, -0.15) is 0 Å². The molecule has 4 heteroatoms. The molecule has 0 aliphatic heterocycles. The van der Waals surface area contributed by atoms with Gasteiger partial charge >= 0.3 is 11.9 Å². The topological polar surface area (TPSA) is 52.6 Å². The molecule has 1 aromatic rings. The highest BCUT2D eigenvalue weighted by Gasteiger charge is 2.18. The van der Waals surface area contributed by atoms with E-state index in [1.807, 2.05) is 12.2 Å². The maximum atomic E-state index is 12.5. The number of esters is 2. The second kappa shape index (κ2) is 20.5. The summed E-state index contributed by atoms with van der Waals surface area (Å²) in [6.07, 6.45) is 22.3. The van der Waals surface area contributed by atoms with Crippen molar-refractivity contribution in [2.24, 2.45) is 0 Å². The first-order valence-corrected chi connectivity index (χ1v) is 13.3. The largest absolute Gasteiger partial charge is 0.462 e. The van der Waals surface area contributed by atoms with Crippen molar-refractivity contribution >= 4 is 11.9 Å². The predicted molar refractivity (Wildman–Crippen MR) is 137 cm³/mol. The van der Waals surface area contributed by atoms with Gasteiger partial charge in [0.1, 0.15) is 0 Å². The Morgan fingerprint density at radius 2 is 1.09 bits per heavy atom. The van der Waals surface area contributed by atoms with Crippen molar-refractivity contribution in [1.29, 1.82) is 0 Å². The van der Waals surface area contributed by atoms with Gasteiger partial charge in [0.2, 0.25) is 0 Å². The summed E-state index contributed by atoms with van der Waals surface area (Å²) in [4.78, 5) is 24.8. The maximum absolute atomic E-state index is 12.5. The number of carbonyl (C=O) groups excluding carboxylic acids is 2. The molecule has 0 aromatic heterocycles. The number of carbonyl (C=O) groups is 2. The van der Waals surface area contributed by atoms with Crippen LogP contribution in [0.5, 0.6) is 0 Å². The van der Waals surface area contributed by atoms with E-state index in [1.165, 1.54) is 70.6 Å². The molecule has 0 saturated carbocycles. The van der Waals surface area contributed by atoms with Crippen molar-refractivity contribution in [3.05, 3.63) is 47.5 Å². The summed E-state index contributed by atoms with van der Waals surface area (Å²) >= 11 is 0. The fraction of sp³-hybridized carbons (Fsp3) is 0.655. The van der Waals surface area contributed by atoms with E-state index in [-0.39, 0.29) is 11.1 Å². The van der Waals surface area contributed by atoms with Gasteiger partial charge in [0.05, 0.1) is 24.3 Å². The van der Waals surface area contributed by atoms with Gasteiger partial charge in [-0.3, -0.25) is 0 Å². The van der Waals surface area contributed by atoms with E-state index >= 15 is 0 Å². The quantitative estimate of drug-likeness (QED) is 0.112. The van der Waals surface area contributed by atoms with E-state index in [0.29, 0.717) is 19.6 Å². The van der Waals surface area contributed by atoms with Crippen LogP contribution in [-0.4, -0.2) is 25.2 Å². The molecule has 0 fully saturated rings. The fourth-order valence-corrected chi connectivity index (χ4v) is 3.78. The minimum atomic E-state index is -0.478. The van der Waals surface area contributed by atoms with Crippen LogP contribution < -0.4 is 0 Å². The Labute approximate surface area is 202 Å². The first-order valence-electron chi connectivity index (χ1n) is 13.3. The molecule has 0 heterocycles. The lowest BCUT2D eigenvalue weighted by Gasteiger charge is -2.09. The molecule has 0 atom stereocenters. The highest BCUT2D eigenvalue weighted by atomic mass is 16.5. The van der Waals surface area contributed by atoms with Crippen molar-refractivity contribution in [3.8, 4) is 0 Å². The SMILES string of the molecule is CC/C=C/CCOC(=O)c1ccccc1C(=O)OCCCCCCCCCCCCCCC. The third kappa shape index (κ3) is 14.6. The van der Waals surface area contributed by atoms with Crippen molar-refractivity contribution in [2.45, 2.75) is 110 Å². The van der Waals surface area contributed by atoms with Crippen LogP contribution >= 0.6 is 0 Å². The maximum Gasteiger partial charge on any atom is 0.339 e. The van der Waals surface area contributed by atoms with Crippen molar-refractivity contribution in [1.82, 2.24) is 0 Å². The van der Waals surface area contributed by atoms with Gasteiger partial charge in [0, 0.05) is 0 Å². The number of hydrogen-bond acceptors (Lipinski definition) is 4. The Balaban J connectivity index is 2.14. The molecule has 33 heavy (non-hydrogen) atoms. The average molecular weight is 459 g/mol. The highest BCUT2D eigenvalue weighted by Crippen LogP contribution is 2.14. The molecule has 0 amide bonds. The van der Waals surface area contributed by atoms with Crippen LogP contribution in [0.4, 0.5) is 0 Å². The van der Waals surface area contributed by atoms with Crippen molar-refractivity contribution in [3.63, 3.8) is 0 Å². The van der Waals surface area contributed by atoms with Gasteiger partial charge in [-0.1, -0.05) is 115 Å². The summed E-state index contributed by atoms with van der Waals surface area (Å²) in [6, 6.07) is 6.71. The highest BCUT2D eigenvalue weighted by molar-refractivity contribution is 6.03. The van der Waals surface area contributed by atoms with Crippen LogP contribution in [-0.2, 0) is 9.47 Å². The molecule has 0 unspecified atom stereocenters. The minimum Gasteiger partial charge on any atom is -0.462 e. The van der Waals surface area contributed by atoms with Crippen LogP contribution in [0.2, 0.25) is 0 Å². The lowest BCUT2D eigenvalue weighted by Crippen LogP contribution is -2.14. The third-order valence-corrected chi connectivity index (χ3v) is 5.77. The van der Waals surface area contributed by atoms with E-state index in [9.17, 15) is 9.59 Å². The molecule has 0 aliphatic rings. The standard InChI is InChI=1S/C29H46O4/c1-3-5-7-9-10-11-12-13-14-15-16-17-21-25-33-29(31)27-23-19-18-22-26(27)28(30)32-24-20-8-6-4-2/h6,8,18-19,22-23H,3-5,7,9-17,20-21,24-25H2,1-2H3/b8-6+. The number of ether oxygens (including phenoxy) is 2. The molecule has 186 valence electrons. The van der Waals surface area contributed by atoms with Crippen molar-refractivity contribution < 1.29 is 19.1 Å². The smallest absolute Gasteiger partial charge is 0.339 e. The van der Waals surface area contributed by atoms with E-state index in [1.54, 1.807) is 24.3 Å². The van der Waals surface area contributed by atoms with E-state index < -0.39 is 11.9 Å². The van der Waals surface area contributed by atoms with E-state index in [2.05, 4.69) is 13.8 Å². The number of unbranched alkanes of at least 4 members (excludes halogenated alkanes) is 12. The van der Waals surface area contributed by atoms with Gasteiger partial charge in [0.25, 0.3) is 0 Å². The van der Waals surface area contributed by atoms with Gasteiger partial charge in [-0.05, 0) is 31.4 Å². The summed E-state index contributed by atoms with van der Waals surface area (Å²) in [7, 11) is 0. The van der Waals surface area contributed by atoms with Gasteiger partial charge in [-0.15, -0.1) is 0 Å². The second-order valence-corrected chi connectivity index (χ2v) is 8.73. The van der Waals surface area contributed by atoms with Crippen LogP contribution in [0.15, 0.2) is 36.4 Å². The molecule has 1 aromatic carbocycles. The van der Waals surface area contributed by atoms with Gasteiger partial charge in [-0.25, -0.2) is 9.59 Å². The molecular weight excluding hydrogens is 412 g/mol. The molecule has 4 nitrogen and oxygen atoms in total. The van der Waals surface area contributed by atoms with E-state index in [0.717, 1.165) is 19.3 Å². The number of benzene rings is 1.